The van der Waals surface area contributed by atoms with E-state index >= 15 is 0 Å². The van der Waals surface area contributed by atoms with Crippen molar-refractivity contribution in [1.29, 1.82) is 0 Å². The Hall–Kier alpha value is -3.09. The molecule has 0 bridgehead atoms. The Morgan fingerprint density at radius 1 is 1.30 bits per heavy atom. The van der Waals surface area contributed by atoms with Crippen LogP contribution >= 0.6 is 0 Å². The average molecular weight is 313 g/mol. The molecule has 0 aliphatic heterocycles. The van der Waals surface area contributed by atoms with Gasteiger partial charge in [0, 0.05) is 13.1 Å². The van der Waals surface area contributed by atoms with E-state index in [0.717, 1.165) is 15.8 Å². The SMILES string of the molecule is CCOc1ccc(-c2cc(=O)n3ncc(C(=O)O)c3n2C)cc1. The summed E-state index contributed by atoms with van der Waals surface area (Å²) in [6.07, 6.45) is 1.18. The molecule has 0 spiro atoms. The summed E-state index contributed by atoms with van der Waals surface area (Å²) >= 11 is 0. The summed E-state index contributed by atoms with van der Waals surface area (Å²) in [5, 5.41) is 13.1. The molecule has 3 aromatic rings. The Morgan fingerprint density at radius 2 is 2.00 bits per heavy atom. The fraction of sp³-hybridized carbons (Fsp3) is 0.188. The number of rotatable bonds is 4. The van der Waals surface area contributed by atoms with Crippen molar-refractivity contribution < 1.29 is 14.6 Å². The van der Waals surface area contributed by atoms with Crippen LogP contribution in [0.2, 0.25) is 0 Å². The summed E-state index contributed by atoms with van der Waals surface area (Å²) in [6.45, 7) is 2.47. The minimum absolute atomic E-state index is 0.0163. The quantitative estimate of drug-likeness (QED) is 0.793. The van der Waals surface area contributed by atoms with Crippen LogP contribution in [0.25, 0.3) is 16.9 Å². The molecule has 23 heavy (non-hydrogen) atoms. The van der Waals surface area contributed by atoms with Crippen molar-refractivity contribution in [2.24, 2.45) is 7.05 Å². The van der Waals surface area contributed by atoms with Crippen molar-refractivity contribution in [2.45, 2.75) is 6.92 Å². The maximum absolute atomic E-state index is 12.2. The second-order valence-corrected chi connectivity index (χ2v) is 4.98. The van der Waals surface area contributed by atoms with Crippen LogP contribution < -0.4 is 10.3 Å². The lowest BCUT2D eigenvalue weighted by Crippen LogP contribution is -2.19. The number of hydrogen-bond donors (Lipinski definition) is 1. The number of fused-ring (bicyclic) bond motifs is 1. The van der Waals surface area contributed by atoms with E-state index in [-0.39, 0.29) is 16.8 Å². The van der Waals surface area contributed by atoms with Gasteiger partial charge in [-0.2, -0.15) is 9.61 Å². The van der Waals surface area contributed by atoms with E-state index < -0.39 is 5.97 Å². The van der Waals surface area contributed by atoms with E-state index in [1.165, 1.54) is 12.3 Å². The maximum Gasteiger partial charge on any atom is 0.341 e. The molecule has 0 amide bonds. The minimum Gasteiger partial charge on any atom is -0.494 e. The summed E-state index contributed by atoms with van der Waals surface area (Å²) in [5.74, 6) is -0.392. The molecule has 2 heterocycles. The number of ether oxygens (including phenoxy) is 1. The van der Waals surface area contributed by atoms with Crippen molar-refractivity contribution >= 4 is 11.6 Å². The van der Waals surface area contributed by atoms with E-state index in [1.807, 2.05) is 31.2 Å². The Labute approximate surface area is 131 Å². The highest BCUT2D eigenvalue weighted by Crippen LogP contribution is 2.23. The molecule has 0 radical (unpaired) electrons. The predicted octanol–water partition coefficient (Wildman–Crippen LogP) is 1.80. The number of aromatic carboxylic acids is 1. The third-order valence-electron chi connectivity index (χ3n) is 3.58. The van der Waals surface area contributed by atoms with Crippen LogP contribution in [0.4, 0.5) is 0 Å². The van der Waals surface area contributed by atoms with Crippen molar-refractivity contribution in [3.8, 4) is 17.0 Å². The van der Waals surface area contributed by atoms with Crippen molar-refractivity contribution in [2.75, 3.05) is 6.61 Å². The Bertz CT molecular complexity index is 938. The van der Waals surface area contributed by atoms with Crippen LogP contribution in [0.1, 0.15) is 17.3 Å². The third-order valence-corrected chi connectivity index (χ3v) is 3.58. The fourth-order valence-electron chi connectivity index (χ4n) is 2.53. The summed E-state index contributed by atoms with van der Waals surface area (Å²) < 4.78 is 8.13. The van der Waals surface area contributed by atoms with Gasteiger partial charge in [-0.3, -0.25) is 4.79 Å². The molecule has 0 atom stereocenters. The first-order valence-corrected chi connectivity index (χ1v) is 7.07. The van der Waals surface area contributed by atoms with Gasteiger partial charge in [0.25, 0.3) is 5.56 Å². The number of hydrogen-bond acceptors (Lipinski definition) is 4. The van der Waals surface area contributed by atoms with E-state index in [2.05, 4.69) is 5.10 Å². The zero-order valence-electron chi connectivity index (χ0n) is 12.7. The highest BCUT2D eigenvalue weighted by Gasteiger charge is 2.17. The maximum atomic E-state index is 12.2. The lowest BCUT2D eigenvalue weighted by atomic mass is 10.1. The molecule has 0 aliphatic carbocycles. The number of aryl methyl sites for hydroxylation is 1. The monoisotopic (exact) mass is 313 g/mol. The Balaban J connectivity index is 2.21. The second-order valence-electron chi connectivity index (χ2n) is 4.98. The minimum atomic E-state index is -1.13. The van der Waals surface area contributed by atoms with E-state index in [4.69, 9.17) is 4.74 Å². The first-order chi connectivity index (χ1) is 11.0. The van der Waals surface area contributed by atoms with Crippen LogP contribution in [-0.2, 0) is 7.05 Å². The van der Waals surface area contributed by atoms with E-state index in [0.29, 0.717) is 12.3 Å². The summed E-state index contributed by atoms with van der Waals surface area (Å²) in [7, 11) is 1.70. The molecule has 1 N–H and O–H groups in total. The normalized spacial score (nSPS) is 10.9. The smallest absolute Gasteiger partial charge is 0.341 e. The lowest BCUT2D eigenvalue weighted by Gasteiger charge is -2.12. The molecule has 7 heteroatoms. The number of carbonyl (C=O) groups is 1. The molecule has 3 rings (SSSR count). The second kappa shape index (κ2) is 5.60. The number of carboxylic acid groups (broad SMARTS) is 1. The fourth-order valence-corrected chi connectivity index (χ4v) is 2.53. The number of aromatic nitrogens is 3. The molecule has 0 unspecified atom stereocenters. The van der Waals surface area contributed by atoms with Gasteiger partial charge < -0.3 is 14.4 Å². The van der Waals surface area contributed by atoms with Crippen molar-refractivity contribution in [3.05, 3.63) is 52.4 Å². The first-order valence-electron chi connectivity index (χ1n) is 7.07. The zero-order chi connectivity index (χ0) is 16.6. The molecule has 0 aliphatic rings. The first kappa shape index (κ1) is 14.8. The Kier molecular flexibility index (Phi) is 3.61. The number of benzene rings is 1. The standard InChI is InChI=1S/C16H15N3O4/c1-3-23-11-6-4-10(5-7-11)13-8-14(20)19-15(18(13)2)12(9-17-19)16(21)22/h4-9H,3H2,1-2H3,(H,21,22). The summed E-state index contributed by atoms with van der Waals surface area (Å²) in [4.78, 5) is 23.5. The molecule has 0 saturated heterocycles. The Morgan fingerprint density at radius 3 is 2.61 bits per heavy atom. The van der Waals surface area contributed by atoms with Crippen molar-refractivity contribution in [1.82, 2.24) is 14.2 Å². The van der Waals surface area contributed by atoms with Crippen LogP contribution in [0, 0.1) is 0 Å². The van der Waals surface area contributed by atoms with Gasteiger partial charge in [0.15, 0.2) is 5.65 Å². The molecule has 1 aromatic carbocycles. The van der Waals surface area contributed by atoms with Gasteiger partial charge >= 0.3 is 5.97 Å². The van der Waals surface area contributed by atoms with Gasteiger partial charge in [-0.15, -0.1) is 0 Å². The summed E-state index contributed by atoms with van der Waals surface area (Å²) in [6, 6.07) is 8.70. The number of nitrogens with zero attached hydrogens (tertiary/aromatic N) is 3. The zero-order valence-corrected chi connectivity index (χ0v) is 12.7. The predicted molar refractivity (Wildman–Crippen MR) is 84.0 cm³/mol. The van der Waals surface area contributed by atoms with Gasteiger partial charge in [0.2, 0.25) is 0 Å². The summed E-state index contributed by atoms with van der Waals surface area (Å²) in [5.41, 5.74) is 1.24. The van der Waals surface area contributed by atoms with Crippen LogP contribution in [0.3, 0.4) is 0 Å². The lowest BCUT2D eigenvalue weighted by molar-refractivity contribution is 0.0698. The van der Waals surface area contributed by atoms with Gasteiger partial charge in [-0.1, -0.05) is 0 Å². The molecular formula is C16H15N3O4. The molecule has 0 saturated carbocycles. The molecular weight excluding hydrogens is 298 g/mol. The van der Waals surface area contributed by atoms with Crippen LogP contribution in [-0.4, -0.2) is 31.9 Å². The van der Waals surface area contributed by atoms with Gasteiger partial charge in [0.05, 0.1) is 18.5 Å². The molecule has 7 nitrogen and oxygen atoms in total. The van der Waals surface area contributed by atoms with Gasteiger partial charge in [0.1, 0.15) is 11.3 Å². The topological polar surface area (TPSA) is 85.8 Å². The highest BCUT2D eigenvalue weighted by atomic mass is 16.5. The molecule has 118 valence electrons. The van der Waals surface area contributed by atoms with Gasteiger partial charge in [-0.05, 0) is 36.8 Å². The third kappa shape index (κ3) is 2.46. The van der Waals surface area contributed by atoms with E-state index in [1.54, 1.807) is 11.6 Å². The van der Waals surface area contributed by atoms with E-state index in [9.17, 15) is 14.7 Å². The largest absolute Gasteiger partial charge is 0.494 e. The van der Waals surface area contributed by atoms with Crippen LogP contribution in [0.5, 0.6) is 5.75 Å². The van der Waals surface area contributed by atoms with Crippen molar-refractivity contribution in [3.63, 3.8) is 0 Å². The average Bonchev–Trinajstić information content (AvgIpc) is 2.98. The van der Waals surface area contributed by atoms with Gasteiger partial charge in [-0.25, -0.2) is 4.79 Å². The molecule has 2 aromatic heterocycles. The number of carboxylic acids is 1. The highest BCUT2D eigenvalue weighted by molar-refractivity contribution is 5.94. The molecule has 0 fully saturated rings. The van der Waals surface area contributed by atoms with Crippen LogP contribution in [0.15, 0.2) is 41.3 Å².